The van der Waals surface area contributed by atoms with E-state index in [4.69, 9.17) is 14.5 Å². The Morgan fingerprint density at radius 2 is 1.90 bits per heavy atom. The molecule has 210 valence electrons. The van der Waals surface area contributed by atoms with Gasteiger partial charge in [0.25, 0.3) is 0 Å². The SMILES string of the molecule is Cc1nc2c(cc(CCc3ccccc3)n2C)c(-c2cc(F)c3c(c2C)CCCO3)c1[C@H](OC(C)(C)C)C(=O)O. The largest absolute Gasteiger partial charge is 0.490 e. The van der Waals surface area contributed by atoms with Crippen molar-refractivity contribution < 1.29 is 23.8 Å². The highest BCUT2D eigenvalue weighted by molar-refractivity contribution is 5.99. The minimum Gasteiger partial charge on any atom is -0.490 e. The number of rotatable bonds is 7. The molecule has 0 saturated heterocycles. The second-order valence-electron chi connectivity index (χ2n) is 11.6. The molecule has 4 aromatic rings. The first-order chi connectivity index (χ1) is 19.0. The van der Waals surface area contributed by atoms with E-state index >= 15 is 4.39 Å². The summed E-state index contributed by atoms with van der Waals surface area (Å²) in [6.45, 7) is 9.74. The first-order valence-corrected chi connectivity index (χ1v) is 13.8. The number of pyridine rings is 1. The van der Waals surface area contributed by atoms with Gasteiger partial charge < -0.3 is 19.1 Å². The van der Waals surface area contributed by atoms with Crippen LogP contribution >= 0.6 is 0 Å². The summed E-state index contributed by atoms with van der Waals surface area (Å²) in [6, 6.07) is 13.9. The smallest absolute Gasteiger partial charge is 0.337 e. The van der Waals surface area contributed by atoms with Gasteiger partial charge >= 0.3 is 5.97 Å². The number of fused-ring (bicyclic) bond motifs is 2. The van der Waals surface area contributed by atoms with Crippen LogP contribution in [0.5, 0.6) is 5.75 Å². The van der Waals surface area contributed by atoms with Gasteiger partial charge in [-0.1, -0.05) is 30.3 Å². The summed E-state index contributed by atoms with van der Waals surface area (Å²) in [6.07, 6.45) is 1.84. The summed E-state index contributed by atoms with van der Waals surface area (Å²) < 4.78 is 29.5. The Balaban J connectivity index is 1.78. The molecular weight excluding hydrogens is 507 g/mol. The second kappa shape index (κ2) is 10.7. The van der Waals surface area contributed by atoms with Crippen LogP contribution in [0.3, 0.4) is 0 Å². The summed E-state index contributed by atoms with van der Waals surface area (Å²) in [4.78, 5) is 17.6. The number of nitrogens with zero attached hydrogens (tertiary/aromatic N) is 2. The minimum absolute atomic E-state index is 0.299. The van der Waals surface area contributed by atoms with Crippen molar-refractivity contribution in [1.82, 2.24) is 9.55 Å². The van der Waals surface area contributed by atoms with Gasteiger partial charge in [-0.3, -0.25) is 0 Å². The molecule has 0 radical (unpaired) electrons. The predicted molar refractivity (Wildman–Crippen MR) is 154 cm³/mol. The third-order valence-corrected chi connectivity index (χ3v) is 7.68. The summed E-state index contributed by atoms with van der Waals surface area (Å²) in [5.74, 6) is -1.25. The number of carbonyl (C=O) groups is 1. The number of aliphatic carboxylic acids is 1. The number of carboxylic acids is 1. The topological polar surface area (TPSA) is 73.6 Å². The Hall–Kier alpha value is -3.71. The van der Waals surface area contributed by atoms with E-state index in [0.29, 0.717) is 41.2 Å². The number of halogens is 1. The van der Waals surface area contributed by atoms with Gasteiger partial charge in [0.2, 0.25) is 0 Å². The number of ether oxygens (including phenoxy) is 2. The number of aryl methyl sites for hydroxylation is 4. The van der Waals surface area contributed by atoms with Gasteiger partial charge in [-0.05, 0) is 89.1 Å². The van der Waals surface area contributed by atoms with Gasteiger partial charge in [0.15, 0.2) is 17.7 Å². The molecule has 2 aromatic carbocycles. The molecule has 1 aliphatic rings. The highest BCUT2D eigenvalue weighted by Crippen LogP contribution is 2.44. The van der Waals surface area contributed by atoms with Gasteiger partial charge in [0, 0.05) is 40.5 Å². The Morgan fingerprint density at radius 1 is 1.18 bits per heavy atom. The summed E-state index contributed by atoms with van der Waals surface area (Å²) in [7, 11) is 1.98. The monoisotopic (exact) mass is 544 g/mol. The number of benzene rings is 2. The van der Waals surface area contributed by atoms with Crippen LogP contribution in [0.1, 0.15) is 66.9 Å². The molecule has 7 heteroatoms. The van der Waals surface area contributed by atoms with Crippen molar-refractivity contribution in [2.75, 3.05) is 6.61 Å². The summed E-state index contributed by atoms with van der Waals surface area (Å²) in [5, 5.41) is 11.2. The van der Waals surface area contributed by atoms with E-state index in [1.54, 1.807) is 0 Å². The zero-order chi connectivity index (χ0) is 28.8. The molecule has 5 rings (SSSR count). The van der Waals surface area contributed by atoms with Crippen LogP contribution in [-0.2, 0) is 35.8 Å². The maximum atomic E-state index is 15.6. The van der Waals surface area contributed by atoms with E-state index in [1.807, 2.05) is 59.9 Å². The van der Waals surface area contributed by atoms with Gasteiger partial charge in [-0.25, -0.2) is 14.2 Å². The summed E-state index contributed by atoms with van der Waals surface area (Å²) in [5.41, 5.74) is 6.32. The highest BCUT2D eigenvalue weighted by atomic mass is 19.1. The third kappa shape index (κ3) is 5.22. The number of hydrogen-bond donors (Lipinski definition) is 1. The zero-order valence-corrected chi connectivity index (χ0v) is 24.1. The van der Waals surface area contributed by atoms with Crippen molar-refractivity contribution in [3.8, 4) is 16.9 Å². The van der Waals surface area contributed by atoms with E-state index in [1.165, 1.54) is 11.6 Å². The van der Waals surface area contributed by atoms with Gasteiger partial charge in [0.1, 0.15) is 5.65 Å². The first-order valence-electron chi connectivity index (χ1n) is 13.8. The number of aromatic nitrogens is 2. The Morgan fingerprint density at radius 3 is 2.58 bits per heavy atom. The lowest BCUT2D eigenvalue weighted by atomic mass is 9.86. The molecule has 0 fully saturated rings. The second-order valence-corrected chi connectivity index (χ2v) is 11.6. The zero-order valence-electron chi connectivity index (χ0n) is 24.1. The average molecular weight is 545 g/mol. The normalized spacial score (nSPS) is 14.2. The molecule has 1 atom stereocenters. The van der Waals surface area contributed by atoms with Crippen molar-refractivity contribution in [2.24, 2.45) is 7.05 Å². The van der Waals surface area contributed by atoms with Crippen molar-refractivity contribution in [1.29, 1.82) is 0 Å². The van der Waals surface area contributed by atoms with Crippen molar-refractivity contribution in [3.63, 3.8) is 0 Å². The maximum Gasteiger partial charge on any atom is 0.337 e. The molecule has 0 amide bonds. The molecule has 0 unspecified atom stereocenters. The lowest BCUT2D eigenvalue weighted by molar-refractivity contribution is -0.160. The molecule has 40 heavy (non-hydrogen) atoms. The molecule has 3 heterocycles. The highest BCUT2D eigenvalue weighted by Gasteiger charge is 2.34. The van der Waals surface area contributed by atoms with Crippen LogP contribution in [0.15, 0.2) is 42.5 Å². The molecular formula is C33H37FN2O4. The van der Waals surface area contributed by atoms with Crippen LogP contribution in [0.2, 0.25) is 0 Å². The van der Waals surface area contributed by atoms with E-state index in [9.17, 15) is 9.90 Å². The fraction of sp³-hybridized carbons (Fsp3) is 0.394. The fourth-order valence-corrected chi connectivity index (χ4v) is 5.78. The summed E-state index contributed by atoms with van der Waals surface area (Å²) >= 11 is 0. The van der Waals surface area contributed by atoms with E-state index in [-0.39, 0.29) is 0 Å². The van der Waals surface area contributed by atoms with Crippen molar-refractivity contribution in [2.45, 2.75) is 72.0 Å². The van der Waals surface area contributed by atoms with E-state index < -0.39 is 23.5 Å². The molecule has 0 saturated carbocycles. The molecule has 1 N–H and O–H groups in total. The molecule has 0 aliphatic carbocycles. The quantitative estimate of drug-likeness (QED) is 0.270. The van der Waals surface area contributed by atoms with Crippen LogP contribution in [0.4, 0.5) is 4.39 Å². The van der Waals surface area contributed by atoms with Crippen molar-refractivity contribution >= 4 is 17.0 Å². The molecule has 0 spiro atoms. The van der Waals surface area contributed by atoms with E-state index in [2.05, 4.69) is 22.8 Å². The third-order valence-electron chi connectivity index (χ3n) is 7.68. The van der Waals surface area contributed by atoms with Gasteiger partial charge in [-0.2, -0.15) is 0 Å². The van der Waals surface area contributed by atoms with Crippen molar-refractivity contribution in [3.05, 3.63) is 81.9 Å². The number of carboxylic acid groups (broad SMARTS) is 1. The van der Waals surface area contributed by atoms with E-state index in [0.717, 1.165) is 47.1 Å². The minimum atomic E-state index is -1.28. The molecule has 6 nitrogen and oxygen atoms in total. The lowest BCUT2D eigenvalue weighted by Gasteiger charge is -2.29. The molecule has 2 aromatic heterocycles. The Labute approximate surface area is 234 Å². The molecule has 1 aliphatic heterocycles. The van der Waals surface area contributed by atoms with Crippen LogP contribution < -0.4 is 4.74 Å². The Kier molecular flexibility index (Phi) is 7.44. The maximum absolute atomic E-state index is 15.6. The first kappa shape index (κ1) is 27.8. The Bertz CT molecular complexity index is 1580. The van der Waals surface area contributed by atoms with Crippen LogP contribution in [-0.4, -0.2) is 32.8 Å². The predicted octanol–water partition coefficient (Wildman–Crippen LogP) is 7.05. The van der Waals surface area contributed by atoms with Crippen LogP contribution in [0, 0.1) is 19.7 Å². The van der Waals surface area contributed by atoms with Gasteiger partial charge in [-0.15, -0.1) is 0 Å². The standard InChI is InChI=1S/C33H37FN2O4/c1-19-23-13-10-16-39-29(23)26(34)18-24(19)28-25-17-22(15-14-21-11-8-7-9-12-21)36(6)31(25)35-20(2)27(28)30(32(37)38)40-33(3,4)5/h7-9,11-12,17-18,30H,10,13-16H2,1-6H3,(H,37,38)/t30-/m0/s1. The lowest BCUT2D eigenvalue weighted by Crippen LogP contribution is -2.28. The average Bonchev–Trinajstić information content (AvgIpc) is 3.22. The van der Waals surface area contributed by atoms with Gasteiger partial charge in [0.05, 0.1) is 12.2 Å². The molecule has 0 bridgehead atoms. The number of hydrogen-bond acceptors (Lipinski definition) is 4. The van der Waals surface area contributed by atoms with Crippen LogP contribution in [0.25, 0.3) is 22.2 Å². The fourth-order valence-electron chi connectivity index (χ4n) is 5.78.